The van der Waals surface area contributed by atoms with Gasteiger partial charge in [0.2, 0.25) is 0 Å². The highest BCUT2D eigenvalue weighted by Crippen LogP contribution is 2.43. The summed E-state index contributed by atoms with van der Waals surface area (Å²) in [6, 6.07) is 15.3. The van der Waals surface area contributed by atoms with Crippen LogP contribution in [0.4, 0.5) is 18.9 Å². The summed E-state index contributed by atoms with van der Waals surface area (Å²) in [7, 11) is 1.48. The summed E-state index contributed by atoms with van der Waals surface area (Å²) in [5.74, 6) is -2.23. The molecular weight excluding hydrogens is 543 g/mol. The van der Waals surface area contributed by atoms with Crippen LogP contribution in [0, 0.1) is 6.92 Å². The second kappa shape index (κ2) is 9.69. The van der Waals surface area contributed by atoms with E-state index in [9.17, 15) is 27.9 Å². The van der Waals surface area contributed by atoms with Crippen molar-refractivity contribution in [3.05, 3.63) is 93.5 Å². The minimum Gasteiger partial charge on any atom is -0.507 e. The lowest BCUT2D eigenvalue weighted by Gasteiger charge is -2.26. The molecule has 36 heavy (non-hydrogen) atoms. The smallest absolute Gasteiger partial charge is 0.507 e. The summed E-state index contributed by atoms with van der Waals surface area (Å²) in [4.78, 5) is 27.6. The zero-order valence-corrected chi connectivity index (χ0v) is 20.6. The molecule has 1 atom stereocenters. The van der Waals surface area contributed by atoms with Crippen LogP contribution in [0.1, 0.15) is 22.7 Å². The van der Waals surface area contributed by atoms with Gasteiger partial charge in [-0.2, -0.15) is 0 Å². The average Bonchev–Trinajstić information content (AvgIpc) is 3.08. The first-order valence-corrected chi connectivity index (χ1v) is 11.4. The van der Waals surface area contributed by atoms with Crippen LogP contribution in [0.3, 0.4) is 0 Å². The highest BCUT2D eigenvalue weighted by Gasteiger charge is 2.47. The number of halogens is 4. The molecule has 3 aromatic rings. The maximum absolute atomic E-state index is 13.2. The van der Waals surface area contributed by atoms with Crippen LogP contribution < -0.4 is 14.4 Å². The van der Waals surface area contributed by atoms with E-state index in [2.05, 4.69) is 20.7 Å². The Kier molecular flexibility index (Phi) is 6.81. The van der Waals surface area contributed by atoms with Gasteiger partial charge in [-0.1, -0.05) is 29.8 Å². The molecule has 1 saturated heterocycles. The van der Waals surface area contributed by atoms with Crippen LogP contribution in [0.5, 0.6) is 11.5 Å². The van der Waals surface area contributed by atoms with Crippen LogP contribution in [0.15, 0.2) is 76.8 Å². The topological polar surface area (TPSA) is 76.1 Å². The zero-order chi connectivity index (χ0) is 26.2. The maximum atomic E-state index is 13.2. The molecule has 0 saturated carbocycles. The summed E-state index contributed by atoms with van der Waals surface area (Å²) in [5, 5.41) is 11.2. The molecule has 1 aliphatic heterocycles. The molecule has 0 spiro atoms. The molecule has 1 heterocycles. The monoisotopic (exact) mass is 561 g/mol. The van der Waals surface area contributed by atoms with Crippen LogP contribution in [-0.4, -0.2) is 30.3 Å². The Morgan fingerprint density at radius 1 is 1.03 bits per heavy atom. The number of carbonyl (C=O) groups is 2. The van der Waals surface area contributed by atoms with E-state index in [1.54, 1.807) is 36.4 Å². The van der Waals surface area contributed by atoms with Gasteiger partial charge in [-0.25, -0.2) is 0 Å². The molecule has 186 valence electrons. The van der Waals surface area contributed by atoms with E-state index < -0.39 is 35.6 Å². The van der Waals surface area contributed by atoms with Crippen molar-refractivity contribution in [3.63, 3.8) is 0 Å². The molecule has 1 fully saturated rings. The molecule has 1 aliphatic rings. The number of alkyl halides is 3. The SMILES string of the molecule is COc1ccc(/C(O)=C2/C(=O)C(=O)N(c3ccc(OC(F)(F)F)cc3)C2c2cccc(C)c2)cc1Br. The van der Waals surface area contributed by atoms with Gasteiger partial charge in [-0.3, -0.25) is 14.5 Å². The molecule has 1 N–H and O–H groups in total. The van der Waals surface area contributed by atoms with Crippen LogP contribution >= 0.6 is 15.9 Å². The van der Waals surface area contributed by atoms with Gasteiger partial charge >= 0.3 is 6.36 Å². The molecule has 0 bridgehead atoms. The van der Waals surface area contributed by atoms with Crippen LogP contribution in [-0.2, 0) is 9.59 Å². The molecule has 0 aliphatic carbocycles. The van der Waals surface area contributed by atoms with Gasteiger partial charge in [0.05, 0.1) is 23.2 Å². The number of anilines is 1. The van der Waals surface area contributed by atoms with Gasteiger partial charge in [0.15, 0.2) is 0 Å². The quantitative estimate of drug-likeness (QED) is 0.225. The Balaban J connectivity index is 1.87. The first kappa shape index (κ1) is 25.3. The van der Waals surface area contributed by atoms with Gasteiger partial charge in [0, 0.05) is 11.3 Å². The fourth-order valence-corrected chi connectivity index (χ4v) is 4.57. The second-order valence-corrected chi connectivity index (χ2v) is 8.83. The summed E-state index contributed by atoms with van der Waals surface area (Å²) in [6.07, 6.45) is -4.88. The van der Waals surface area contributed by atoms with Crippen molar-refractivity contribution in [2.75, 3.05) is 12.0 Å². The Hall–Kier alpha value is -3.79. The number of benzene rings is 3. The van der Waals surface area contributed by atoms with Crippen molar-refractivity contribution in [1.82, 2.24) is 0 Å². The molecule has 4 rings (SSSR count). The fourth-order valence-electron chi connectivity index (χ4n) is 4.03. The summed E-state index contributed by atoms with van der Waals surface area (Å²) >= 11 is 3.34. The third-order valence-electron chi connectivity index (χ3n) is 5.58. The standard InChI is InChI=1S/C26H19BrF3NO5/c1-14-4-3-5-15(12-14)22-21(23(32)16-6-11-20(35-2)19(27)13-16)24(33)25(34)31(22)17-7-9-18(10-8-17)36-26(28,29)30/h3-13,22,32H,1-2H3/b23-21-. The number of rotatable bonds is 5. The molecule has 0 aromatic heterocycles. The predicted octanol–water partition coefficient (Wildman–Crippen LogP) is 6.29. The second-order valence-electron chi connectivity index (χ2n) is 7.97. The number of hydrogen-bond donors (Lipinski definition) is 1. The number of hydrogen-bond acceptors (Lipinski definition) is 5. The van der Waals surface area contributed by atoms with E-state index in [4.69, 9.17) is 4.74 Å². The molecular formula is C26H19BrF3NO5. The van der Waals surface area contributed by atoms with Crippen molar-refractivity contribution in [2.45, 2.75) is 19.3 Å². The van der Waals surface area contributed by atoms with E-state index in [0.717, 1.165) is 22.6 Å². The maximum Gasteiger partial charge on any atom is 0.573 e. The zero-order valence-electron chi connectivity index (χ0n) is 19.0. The Morgan fingerprint density at radius 3 is 2.31 bits per heavy atom. The lowest BCUT2D eigenvalue weighted by atomic mass is 9.94. The lowest BCUT2D eigenvalue weighted by Crippen LogP contribution is -2.29. The first-order valence-electron chi connectivity index (χ1n) is 10.6. The van der Waals surface area contributed by atoms with Crippen molar-refractivity contribution < 1.29 is 37.3 Å². The lowest BCUT2D eigenvalue weighted by molar-refractivity contribution is -0.274. The molecule has 6 nitrogen and oxygen atoms in total. The number of aryl methyl sites for hydroxylation is 1. The van der Waals surface area contributed by atoms with E-state index >= 15 is 0 Å². The highest BCUT2D eigenvalue weighted by molar-refractivity contribution is 9.10. The molecule has 3 aromatic carbocycles. The first-order chi connectivity index (χ1) is 17.0. The fraction of sp³-hybridized carbons (Fsp3) is 0.154. The highest BCUT2D eigenvalue weighted by atomic mass is 79.9. The molecule has 1 unspecified atom stereocenters. The number of methoxy groups -OCH3 is 1. The van der Waals surface area contributed by atoms with E-state index in [1.165, 1.54) is 19.2 Å². The third kappa shape index (κ3) is 4.94. The average molecular weight is 562 g/mol. The van der Waals surface area contributed by atoms with Crippen molar-refractivity contribution in [2.24, 2.45) is 0 Å². The van der Waals surface area contributed by atoms with Gasteiger partial charge in [0.25, 0.3) is 11.7 Å². The normalized spacial score (nSPS) is 17.4. The van der Waals surface area contributed by atoms with Gasteiger partial charge in [-0.15, -0.1) is 13.2 Å². The van der Waals surface area contributed by atoms with Crippen molar-refractivity contribution in [3.8, 4) is 11.5 Å². The van der Waals surface area contributed by atoms with Crippen molar-refractivity contribution >= 4 is 39.1 Å². The number of ketones is 1. The third-order valence-corrected chi connectivity index (χ3v) is 6.20. The van der Waals surface area contributed by atoms with E-state index in [1.807, 2.05) is 13.0 Å². The van der Waals surface area contributed by atoms with Crippen LogP contribution in [0.2, 0.25) is 0 Å². The molecule has 10 heteroatoms. The number of nitrogens with zero attached hydrogens (tertiary/aromatic N) is 1. The molecule has 1 amide bonds. The van der Waals surface area contributed by atoms with E-state index in [-0.39, 0.29) is 16.8 Å². The van der Waals surface area contributed by atoms with Gasteiger partial charge in [0.1, 0.15) is 17.3 Å². The van der Waals surface area contributed by atoms with E-state index in [0.29, 0.717) is 15.8 Å². The van der Waals surface area contributed by atoms with Crippen LogP contribution in [0.25, 0.3) is 5.76 Å². The largest absolute Gasteiger partial charge is 0.573 e. The Bertz CT molecular complexity index is 1370. The number of Topliss-reactive ketones (excluding diaryl/α,β-unsaturated/α-hetero) is 1. The predicted molar refractivity (Wildman–Crippen MR) is 130 cm³/mol. The van der Waals surface area contributed by atoms with Gasteiger partial charge in [-0.05, 0) is 70.9 Å². The Morgan fingerprint density at radius 2 is 1.72 bits per heavy atom. The summed E-state index contributed by atoms with van der Waals surface area (Å²) < 4.78 is 47.4. The molecule has 0 radical (unpaired) electrons. The number of aliphatic hydroxyl groups is 1. The van der Waals surface area contributed by atoms with Crippen molar-refractivity contribution in [1.29, 1.82) is 0 Å². The number of ether oxygens (including phenoxy) is 2. The minimum absolute atomic E-state index is 0.154. The number of carbonyl (C=O) groups excluding carboxylic acids is 2. The minimum atomic E-state index is -4.88. The summed E-state index contributed by atoms with van der Waals surface area (Å²) in [5.41, 5.74) is 1.66. The summed E-state index contributed by atoms with van der Waals surface area (Å²) in [6.45, 7) is 1.83. The Labute approximate surface area is 212 Å². The van der Waals surface area contributed by atoms with Gasteiger partial charge < -0.3 is 14.6 Å². The number of amides is 1. The number of aliphatic hydroxyl groups excluding tert-OH is 1.